The third-order valence-electron chi connectivity index (χ3n) is 4.05. The van der Waals surface area contributed by atoms with Crippen molar-refractivity contribution in [1.82, 2.24) is 9.97 Å². The van der Waals surface area contributed by atoms with Crippen LogP contribution in [0.3, 0.4) is 0 Å². The molecule has 0 spiro atoms. The number of nitrogens with one attached hydrogen (secondary N) is 1. The maximum Gasteiger partial charge on any atom is 0.229 e. The molecule has 126 valence electrons. The topological polar surface area (TPSA) is 67.3 Å². The summed E-state index contributed by atoms with van der Waals surface area (Å²) in [5, 5.41) is 2.83. The minimum absolute atomic E-state index is 0.111. The number of piperidine rings is 1. The van der Waals surface area contributed by atoms with Crippen LogP contribution >= 0.6 is 0 Å². The maximum absolute atomic E-state index is 13.3. The molecular weight excluding hydrogens is 311 g/mol. The first-order chi connectivity index (χ1) is 11.7. The third-order valence-corrected chi connectivity index (χ3v) is 4.05. The molecule has 1 aromatic carbocycles. The zero-order chi connectivity index (χ0) is 16.9. The molecule has 0 saturated carbocycles. The molecule has 1 aromatic heterocycles. The summed E-state index contributed by atoms with van der Waals surface area (Å²) in [6.45, 7) is 1.38. The van der Waals surface area contributed by atoms with E-state index in [1.807, 2.05) is 4.90 Å². The van der Waals surface area contributed by atoms with E-state index >= 15 is 0 Å². The van der Waals surface area contributed by atoms with Crippen LogP contribution in [0, 0.1) is 11.7 Å². The zero-order valence-corrected chi connectivity index (χ0v) is 13.4. The van der Waals surface area contributed by atoms with Gasteiger partial charge in [0.2, 0.25) is 11.9 Å². The quantitative estimate of drug-likeness (QED) is 0.933. The average molecular weight is 330 g/mol. The van der Waals surface area contributed by atoms with Gasteiger partial charge in [0, 0.05) is 31.5 Å². The minimum Gasteiger partial charge on any atom is -0.494 e. The van der Waals surface area contributed by atoms with Gasteiger partial charge in [-0.05, 0) is 31.0 Å². The van der Waals surface area contributed by atoms with Crippen LogP contribution in [0.5, 0.6) is 5.75 Å². The molecule has 0 aliphatic carbocycles. The number of hydrogen-bond acceptors (Lipinski definition) is 5. The number of benzene rings is 1. The van der Waals surface area contributed by atoms with Gasteiger partial charge < -0.3 is 15.0 Å². The maximum atomic E-state index is 13.3. The normalized spacial score (nSPS) is 17.4. The first kappa shape index (κ1) is 16.2. The van der Waals surface area contributed by atoms with Crippen molar-refractivity contribution >= 4 is 17.5 Å². The van der Waals surface area contributed by atoms with Gasteiger partial charge in [0.1, 0.15) is 11.6 Å². The van der Waals surface area contributed by atoms with Crippen molar-refractivity contribution in [3.8, 4) is 5.75 Å². The van der Waals surface area contributed by atoms with Gasteiger partial charge in [-0.3, -0.25) is 4.79 Å². The molecule has 6 nitrogen and oxygen atoms in total. The molecule has 1 N–H and O–H groups in total. The molecule has 2 aromatic rings. The number of aromatic nitrogens is 2. The van der Waals surface area contributed by atoms with Crippen molar-refractivity contribution in [3.63, 3.8) is 0 Å². The van der Waals surface area contributed by atoms with Crippen LogP contribution in [0.15, 0.2) is 36.7 Å². The van der Waals surface area contributed by atoms with Crippen LogP contribution in [0.4, 0.5) is 16.0 Å². The van der Waals surface area contributed by atoms with E-state index in [-0.39, 0.29) is 11.8 Å². The lowest BCUT2D eigenvalue weighted by Gasteiger charge is -2.32. The lowest BCUT2D eigenvalue weighted by molar-refractivity contribution is -0.120. The van der Waals surface area contributed by atoms with Crippen molar-refractivity contribution in [1.29, 1.82) is 0 Å². The molecule has 1 aliphatic heterocycles. The molecule has 0 radical (unpaired) electrons. The van der Waals surface area contributed by atoms with Crippen molar-refractivity contribution in [2.75, 3.05) is 30.4 Å². The summed E-state index contributed by atoms with van der Waals surface area (Å²) in [6.07, 6.45) is 5.06. The van der Waals surface area contributed by atoms with Gasteiger partial charge in [-0.2, -0.15) is 0 Å². The highest BCUT2D eigenvalue weighted by Gasteiger charge is 2.27. The Morgan fingerprint density at radius 3 is 2.92 bits per heavy atom. The Hall–Kier alpha value is -2.70. The van der Waals surface area contributed by atoms with E-state index in [0.717, 1.165) is 19.4 Å². The van der Waals surface area contributed by atoms with E-state index in [1.54, 1.807) is 18.5 Å². The van der Waals surface area contributed by atoms with Gasteiger partial charge in [0.15, 0.2) is 0 Å². The van der Waals surface area contributed by atoms with Crippen molar-refractivity contribution < 1.29 is 13.9 Å². The lowest BCUT2D eigenvalue weighted by atomic mass is 9.97. The number of halogens is 1. The number of hydrogen-bond donors (Lipinski definition) is 1. The van der Waals surface area contributed by atoms with Gasteiger partial charge in [0.25, 0.3) is 0 Å². The summed E-state index contributed by atoms with van der Waals surface area (Å²) in [5.74, 6) is 0.240. The number of ether oxygens (including phenoxy) is 1. The van der Waals surface area contributed by atoms with Crippen LogP contribution in [0.2, 0.25) is 0 Å². The largest absolute Gasteiger partial charge is 0.494 e. The van der Waals surface area contributed by atoms with E-state index in [2.05, 4.69) is 15.3 Å². The van der Waals surface area contributed by atoms with Crippen molar-refractivity contribution in [2.45, 2.75) is 12.8 Å². The zero-order valence-electron chi connectivity index (χ0n) is 13.4. The predicted molar refractivity (Wildman–Crippen MR) is 88.6 cm³/mol. The lowest BCUT2D eigenvalue weighted by Crippen LogP contribution is -2.41. The van der Waals surface area contributed by atoms with E-state index in [9.17, 15) is 9.18 Å². The third kappa shape index (κ3) is 3.61. The van der Waals surface area contributed by atoms with Crippen molar-refractivity contribution in [3.05, 3.63) is 42.5 Å². The Balaban J connectivity index is 1.69. The van der Waals surface area contributed by atoms with E-state index < -0.39 is 5.82 Å². The molecule has 3 rings (SSSR count). The van der Waals surface area contributed by atoms with Gasteiger partial charge in [-0.1, -0.05) is 0 Å². The summed E-state index contributed by atoms with van der Waals surface area (Å²) < 4.78 is 18.4. The van der Waals surface area contributed by atoms with Crippen molar-refractivity contribution in [2.24, 2.45) is 5.92 Å². The number of amides is 1. The molecule has 0 bridgehead atoms. The number of rotatable bonds is 4. The van der Waals surface area contributed by atoms with Gasteiger partial charge in [0.05, 0.1) is 18.7 Å². The average Bonchev–Trinajstić information content (AvgIpc) is 2.64. The molecule has 1 amide bonds. The van der Waals surface area contributed by atoms with E-state index in [0.29, 0.717) is 23.9 Å². The smallest absolute Gasteiger partial charge is 0.229 e. The first-order valence-electron chi connectivity index (χ1n) is 7.84. The minimum atomic E-state index is -0.407. The van der Waals surface area contributed by atoms with E-state index in [4.69, 9.17) is 4.74 Å². The summed E-state index contributed by atoms with van der Waals surface area (Å²) in [7, 11) is 1.44. The molecule has 1 atom stereocenters. The highest BCUT2D eigenvalue weighted by Crippen LogP contribution is 2.27. The second-order valence-electron chi connectivity index (χ2n) is 5.67. The van der Waals surface area contributed by atoms with Gasteiger partial charge in [-0.15, -0.1) is 0 Å². The molecule has 7 heteroatoms. The second-order valence-corrected chi connectivity index (χ2v) is 5.67. The predicted octanol–water partition coefficient (Wildman–Crippen LogP) is 2.48. The van der Waals surface area contributed by atoms with Crippen LogP contribution in [0.25, 0.3) is 0 Å². The number of anilines is 2. The van der Waals surface area contributed by atoms with Crippen LogP contribution in [-0.2, 0) is 4.79 Å². The highest BCUT2D eigenvalue weighted by molar-refractivity contribution is 5.94. The number of nitrogens with zero attached hydrogens (tertiary/aromatic N) is 3. The second kappa shape index (κ2) is 7.25. The van der Waals surface area contributed by atoms with Crippen LogP contribution < -0.4 is 15.0 Å². The first-order valence-corrected chi connectivity index (χ1v) is 7.84. The number of carbonyl (C=O) groups excluding carboxylic acids is 1. The molecule has 1 saturated heterocycles. The fourth-order valence-corrected chi connectivity index (χ4v) is 2.83. The fraction of sp³-hybridized carbons (Fsp3) is 0.353. The van der Waals surface area contributed by atoms with Crippen LogP contribution in [-0.4, -0.2) is 36.1 Å². The molecular formula is C17H19FN4O2. The summed E-state index contributed by atoms with van der Waals surface area (Å²) in [6, 6.07) is 5.81. The standard InChI is InChI=1S/C17H19FN4O2/c1-24-15-10-13(18)5-6-14(15)21-16(23)12-4-2-9-22(11-12)17-19-7-3-8-20-17/h3,5-8,10,12H,2,4,9,11H2,1H3,(H,21,23). The Labute approximate surface area is 139 Å². The highest BCUT2D eigenvalue weighted by atomic mass is 19.1. The van der Waals surface area contributed by atoms with E-state index in [1.165, 1.54) is 25.3 Å². The molecule has 1 unspecified atom stereocenters. The SMILES string of the molecule is COc1cc(F)ccc1NC(=O)C1CCCN(c2ncccn2)C1. The number of methoxy groups -OCH3 is 1. The van der Waals surface area contributed by atoms with Gasteiger partial charge in [-0.25, -0.2) is 14.4 Å². The van der Waals surface area contributed by atoms with Gasteiger partial charge >= 0.3 is 0 Å². The Morgan fingerprint density at radius 2 is 2.17 bits per heavy atom. The fourth-order valence-electron chi connectivity index (χ4n) is 2.83. The molecule has 1 aliphatic rings. The molecule has 2 heterocycles. The Kier molecular flexibility index (Phi) is 4.88. The molecule has 1 fully saturated rings. The summed E-state index contributed by atoms with van der Waals surface area (Å²) in [5.41, 5.74) is 0.469. The Bertz CT molecular complexity index is 711. The summed E-state index contributed by atoms with van der Waals surface area (Å²) in [4.78, 5) is 23.1. The van der Waals surface area contributed by atoms with Crippen LogP contribution in [0.1, 0.15) is 12.8 Å². The summed E-state index contributed by atoms with van der Waals surface area (Å²) >= 11 is 0. The molecule has 24 heavy (non-hydrogen) atoms. The Morgan fingerprint density at radius 1 is 1.38 bits per heavy atom. The monoisotopic (exact) mass is 330 g/mol. The number of carbonyl (C=O) groups is 1.